The smallest absolute Gasteiger partial charge is 0.269 e. The number of benzene rings is 8. The van der Waals surface area contributed by atoms with Crippen LogP contribution in [0.25, 0.3) is 83.4 Å². The van der Waals surface area contributed by atoms with E-state index in [1.165, 1.54) is 0 Å². The van der Waals surface area contributed by atoms with E-state index >= 15 is 0 Å². The van der Waals surface area contributed by atoms with Crippen molar-refractivity contribution >= 4 is 32.8 Å². The van der Waals surface area contributed by atoms with Crippen LogP contribution in [0.5, 0.6) is 11.5 Å². The molecule has 11 rings (SSSR count). The molecule has 0 spiro atoms. The number of rotatable bonds is 9. The van der Waals surface area contributed by atoms with Crippen molar-refractivity contribution in [1.29, 1.82) is 0 Å². The molecule has 0 N–H and O–H groups in total. The third-order valence-corrected chi connectivity index (χ3v) is 12.1. The van der Waals surface area contributed by atoms with E-state index < -0.39 is 66.3 Å². The number of imidazole rings is 1. The monoisotopic (exact) mass is 851 g/mol. The van der Waals surface area contributed by atoms with Gasteiger partial charge in [0.05, 0.1) is 47.1 Å². The Balaban J connectivity index is 1.11. The Kier molecular flexibility index (Phi) is 7.35. The molecule has 5 heteroatoms. The van der Waals surface area contributed by atoms with E-state index in [1.54, 1.807) is 33.5 Å². The number of aromatic nitrogens is 4. The molecule has 0 aliphatic rings. The van der Waals surface area contributed by atoms with Crippen LogP contribution in [0, 0.1) is 11.7 Å². The molecule has 0 bridgehead atoms. The van der Waals surface area contributed by atoms with Gasteiger partial charge in [-0.15, -0.1) is 0 Å². The summed E-state index contributed by atoms with van der Waals surface area (Å²) in [5, 5.41) is 2.03. The molecule has 11 aromatic rings. The lowest BCUT2D eigenvalue weighted by Gasteiger charge is -2.27. The number of hydrogen-bond donors (Lipinski definition) is 0. The predicted octanol–water partition coefficient (Wildman–Crippen LogP) is 15.1. The van der Waals surface area contributed by atoms with Gasteiger partial charge in [-0.1, -0.05) is 173 Å². The number of pyridine rings is 1. The van der Waals surface area contributed by atoms with Crippen molar-refractivity contribution in [2.24, 2.45) is 5.41 Å². The molecule has 0 fully saturated rings. The minimum absolute atomic E-state index is 0.140. The molecular weight excluding hydrogens is 793 g/mol. The van der Waals surface area contributed by atoms with Gasteiger partial charge in [0.2, 0.25) is 0 Å². The molecule has 1 atom stereocenters. The third kappa shape index (κ3) is 7.35. The van der Waals surface area contributed by atoms with Gasteiger partial charge in [0, 0.05) is 24.4 Å². The van der Waals surface area contributed by atoms with Gasteiger partial charge in [-0.3, -0.25) is 13.7 Å². The van der Waals surface area contributed by atoms with Gasteiger partial charge in [0.15, 0.2) is 0 Å². The number of nitrogens with zero attached hydrogens (tertiary/aromatic N) is 4. The summed E-state index contributed by atoms with van der Waals surface area (Å²) in [5.41, 5.74) is 5.90. The molecule has 0 amide bonds. The van der Waals surface area contributed by atoms with Crippen molar-refractivity contribution < 1.29 is 24.4 Å². The largest absolute Gasteiger partial charge is 0.458 e. The fraction of sp³-hybridized carbons (Fsp3) is 0.100. The van der Waals surface area contributed by atoms with Crippen molar-refractivity contribution in [3.05, 3.63) is 224 Å². The third-order valence-electron chi connectivity index (χ3n) is 12.1. The maximum atomic E-state index is 9.38. The van der Waals surface area contributed by atoms with Crippen molar-refractivity contribution in [2.75, 3.05) is 0 Å². The highest BCUT2D eigenvalue weighted by molar-refractivity contribution is 6.09. The summed E-state index contributed by atoms with van der Waals surface area (Å²) < 4.78 is 110. The minimum atomic E-state index is -0.908. The lowest BCUT2D eigenvalue weighted by atomic mass is 9.78. The molecule has 314 valence electrons. The lowest BCUT2D eigenvalue weighted by molar-refractivity contribution is -0.571. The van der Waals surface area contributed by atoms with E-state index in [0.717, 1.165) is 38.5 Å². The number of ether oxygens (including phenoxy) is 1. The number of hydrogen-bond acceptors (Lipinski definition) is 2. The van der Waals surface area contributed by atoms with Crippen LogP contribution in [0.2, 0.25) is 0 Å². The van der Waals surface area contributed by atoms with Gasteiger partial charge in [0.25, 0.3) is 6.33 Å². The molecule has 65 heavy (non-hydrogen) atoms. The van der Waals surface area contributed by atoms with Crippen LogP contribution in [0.4, 0.5) is 0 Å². The van der Waals surface area contributed by atoms with Crippen molar-refractivity contribution in [3.63, 3.8) is 0 Å². The van der Waals surface area contributed by atoms with Crippen LogP contribution in [0.15, 0.2) is 212 Å². The average Bonchev–Trinajstić information content (AvgIpc) is 3.99. The lowest BCUT2D eigenvalue weighted by Crippen LogP contribution is -2.31. The van der Waals surface area contributed by atoms with E-state index in [1.807, 2.05) is 122 Å². The second kappa shape index (κ2) is 16.3. The summed E-state index contributed by atoms with van der Waals surface area (Å²) in [6.07, 6.45) is 5.27. The molecule has 8 aromatic carbocycles. The van der Waals surface area contributed by atoms with Gasteiger partial charge in [-0.05, 0) is 105 Å². The van der Waals surface area contributed by atoms with E-state index in [9.17, 15) is 1.37 Å². The predicted molar refractivity (Wildman–Crippen MR) is 266 cm³/mol. The molecule has 1 unspecified atom stereocenters. The normalized spacial score (nSPS) is 15.1. The van der Waals surface area contributed by atoms with E-state index in [0.29, 0.717) is 34.0 Å². The molecular formula is C60H48N4O. The first-order valence-electron chi connectivity index (χ1n) is 26.9. The summed E-state index contributed by atoms with van der Waals surface area (Å²) in [4.78, 5) is 4.84. The molecule has 3 aromatic heterocycles. The standard InChI is InChI=1S/C60H48N4O/c1-41(60(2,3)4)45-34-35-61-58(37-45)64-54-29-15-14-26-52(54)53-32-31-49(39-56(53)64)65-48-25-16-24-47(38-48)62-40-63(57-36-46(30-33-55(57)62)42-18-8-5-9-19-42)59-50(43-20-10-6-11-21-43)27-17-28-51(59)44-22-12-7-13-23-44/h5-39,41H,1-4H3/i6D,7D,10D,11D,12D,13D,20D,21D,22D,23D,41D. The second-order valence-electron chi connectivity index (χ2n) is 17.0. The van der Waals surface area contributed by atoms with E-state index in [-0.39, 0.29) is 33.4 Å². The quantitative estimate of drug-likeness (QED) is 0.107. The van der Waals surface area contributed by atoms with Gasteiger partial charge in [0.1, 0.15) is 17.3 Å². The summed E-state index contributed by atoms with van der Waals surface area (Å²) >= 11 is 0. The summed E-state index contributed by atoms with van der Waals surface area (Å²) in [5.74, 6) is 0.795. The van der Waals surface area contributed by atoms with Crippen LogP contribution in [-0.4, -0.2) is 14.1 Å². The first-order chi connectivity index (χ1) is 36.3. The molecule has 0 saturated carbocycles. The van der Waals surface area contributed by atoms with Crippen LogP contribution in [0.1, 0.15) is 54.2 Å². The Morgan fingerprint density at radius 1 is 0.600 bits per heavy atom. The van der Waals surface area contributed by atoms with Gasteiger partial charge in [-0.2, -0.15) is 0 Å². The molecule has 0 aliphatic carbocycles. The Morgan fingerprint density at radius 3 is 2.02 bits per heavy atom. The van der Waals surface area contributed by atoms with Crippen LogP contribution >= 0.6 is 0 Å². The number of para-hydroxylation sites is 2. The van der Waals surface area contributed by atoms with Crippen molar-refractivity contribution in [2.45, 2.75) is 33.6 Å². The molecule has 0 aliphatic heterocycles. The fourth-order valence-electron chi connectivity index (χ4n) is 8.52. The Bertz CT molecular complexity index is 4040. The molecule has 5 nitrogen and oxygen atoms in total. The van der Waals surface area contributed by atoms with Crippen molar-refractivity contribution in [3.8, 4) is 62.1 Å². The topological polar surface area (TPSA) is 35.9 Å². The highest BCUT2D eigenvalue weighted by Gasteiger charge is 2.24. The number of fused-ring (bicyclic) bond motifs is 4. The summed E-state index contributed by atoms with van der Waals surface area (Å²) in [6, 6.07) is 40.4. The Labute approximate surface area is 395 Å². The van der Waals surface area contributed by atoms with E-state index in [4.69, 9.17) is 23.4 Å². The van der Waals surface area contributed by atoms with Crippen LogP contribution in [0.3, 0.4) is 0 Å². The average molecular weight is 852 g/mol. The molecule has 0 saturated heterocycles. The summed E-state index contributed by atoms with van der Waals surface area (Å²) in [7, 11) is 0. The molecule has 3 heterocycles. The maximum Gasteiger partial charge on any atom is 0.269 e. The van der Waals surface area contributed by atoms with Gasteiger partial charge >= 0.3 is 0 Å². The summed E-state index contributed by atoms with van der Waals surface area (Å²) in [6.45, 7) is 8.12. The first kappa shape index (κ1) is 29.4. The highest BCUT2D eigenvalue weighted by atomic mass is 16.5. The Hall–Kier alpha value is -8.02. The SMILES string of the molecule is [2H]c1c([2H])c([2H])c(-c2cccc(-c3c([2H])c([2H])c([2H])c([2H])c3[2H])c2-[n+]2[c-]n(-c3cccc(Oc4ccc5c6ccccc6n(-c6cc(C([2H])(C)C(C)(C)C)ccn6)c5c4)c3)c3ccc(-c4ccccc4)cc32)c([2H])c1[2H]. The maximum absolute atomic E-state index is 9.38. The fourth-order valence-corrected chi connectivity index (χ4v) is 8.52. The van der Waals surface area contributed by atoms with Crippen LogP contribution < -0.4 is 9.30 Å². The zero-order valence-electron chi connectivity index (χ0n) is 47.1. The zero-order chi connectivity index (χ0) is 53.7. The highest BCUT2D eigenvalue weighted by Crippen LogP contribution is 2.39. The van der Waals surface area contributed by atoms with Crippen molar-refractivity contribution in [1.82, 2.24) is 14.1 Å². The second-order valence-corrected chi connectivity index (χ2v) is 17.0. The Morgan fingerprint density at radius 2 is 1.28 bits per heavy atom. The zero-order valence-corrected chi connectivity index (χ0v) is 36.1. The van der Waals surface area contributed by atoms with E-state index in [2.05, 4.69) is 43.8 Å². The van der Waals surface area contributed by atoms with Gasteiger partial charge < -0.3 is 4.74 Å². The minimum Gasteiger partial charge on any atom is -0.458 e. The first-order valence-corrected chi connectivity index (χ1v) is 21.4. The van der Waals surface area contributed by atoms with Gasteiger partial charge in [-0.25, -0.2) is 4.98 Å². The van der Waals surface area contributed by atoms with Crippen LogP contribution in [-0.2, 0) is 0 Å². The molecule has 0 radical (unpaired) electrons.